The van der Waals surface area contributed by atoms with E-state index in [0.717, 1.165) is 34.9 Å². The van der Waals surface area contributed by atoms with Gasteiger partial charge in [-0.05, 0) is 38.0 Å². The van der Waals surface area contributed by atoms with E-state index in [9.17, 15) is 4.79 Å². The van der Waals surface area contributed by atoms with Crippen LogP contribution in [-0.4, -0.2) is 17.7 Å². The minimum Gasteiger partial charge on any atom is -0.466 e. The van der Waals surface area contributed by atoms with Gasteiger partial charge in [-0.2, -0.15) is 0 Å². The molecule has 1 heterocycles. The quantitative estimate of drug-likeness (QED) is 0.377. The van der Waals surface area contributed by atoms with Gasteiger partial charge in [-0.25, -0.2) is 0 Å². The Hall–Kier alpha value is -2.66. The fourth-order valence-electron chi connectivity index (χ4n) is 3.04. The van der Waals surface area contributed by atoms with Gasteiger partial charge in [-0.15, -0.1) is 4.68 Å². The van der Waals surface area contributed by atoms with Crippen LogP contribution in [0.15, 0.2) is 48.5 Å². The summed E-state index contributed by atoms with van der Waals surface area (Å²) in [6.07, 6.45) is 1.93. The number of carbonyl (C=O) groups excluding carboxylic acids is 1. The number of esters is 1. The minimum absolute atomic E-state index is 0.163. The van der Waals surface area contributed by atoms with Crippen LogP contribution in [0.4, 0.5) is 5.82 Å². The number of benzene rings is 2. The fraction of sp³-hybridized carbons (Fsp3) is 0.286. The van der Waals surface area contributed by atoms with E-state index in [1.54, 1.807) is 0 Å². The summed E-state index contributed by atoms with van der Waals surface area (Å²) in [6.45, 7) is 2.86. The van der Waals surface area contributed by atoms with Crippen molar-refractivity contribution in [2.45, 2.75) is 32.7 Å². The molecule has 0 unspecified atom stereocenters. The minimum atomic E-state index is -0.163. The Labute approximate surface area is 163 Å². The van der Waals surface area contributed by atoms with Gasteiger partial charge in [-0.1, -0.05) is 47.0 Å². The van der Waals surface area contributed by atoms with E-state index in [1.165, 1.54) is 0 Å². The number of hydrogen-bond donors (Lipinski definition) is 1. The second kappa shape index (κ2) is 8.82. The molecule has 5 nitrogen and oxygen atoms in total. The molecule has 0 amide bonds. The lowest BCUT2D eigenvalue weighted by atomic mass is 10.0. The van der Waals surface area contributed by atoms with Gasteiger partial charge in [0.25, 0.3) is 0 Å². The molecule has 0 aliphatic rings. The number of fused-ring (bicyclic) bond motifs is 1. The zero-order valence-electron chi connectivity index (χ0n) is 15.3. The molecule has 6 heteroatoms. The Morgan fingerprint density at radius 2 is 1.81 bits per heavy atom. The summed E-state index contributed by atoms with van der Waals surface area (Å²) in [7, 11) is 0. The monoisotopic (exact) mass is 384 g/mol. The predicted octanol–water partition coefficient (Wildman–Crippen LogP) is 4.16. The van der Waals surface area contributed by atoms with Crippen molar-refractivity contribution in [2.75, 3.05) is 12.3 Å². The third-order valence-electron chi connectivity index (χ3n) is 4.38. The highest BCUT2D eigenvalue weighted by molar-refractivity contribution is 6.30. The largest absolute Gasteiger partial charge is 0.466 e. The average Bonchev–Trinajstić information content (AvgIpc) is 2.68. The molecule has 0 spiro atoms. The summed E-state index contributed by atoms with van der Waals surface area (Å²) >= 11 is 6.02. The molecule has 0 radical (unpaired) electrons. The first-order chi connectivity index (χ1) is 13.1. The number of nitrogen functional groups attached to an aromatic ring is 1. The van der Waals surface area contributed by atoms with Crippen molar-refractivity contribution in [2.24, 2.45) is 0 Å². The Bertz CT molecular complexity index is 942. The number of carbonyl (C=O) groups is 1. The van der Waals surface area contributed by atoms with E-state index < -0.39 is 0 Å². The molecule has 0 atom stereocenters. The number of hydrogen-bond acceptors (Lipinski definition) is 4. The Balaban J connectivity index is 1.88. The maximum absolute atomic E-state index is 11.5. The summed E-state index contributed by atoms with van der Waals surface area (Å²) in [5.41, 5.74) is 8.21. The number of aryl methyl sites for hydroxylation is 1. The first kappa shape index (κ1) is 19.1. The fourth-order valence-corrected chi connectivity index (χ4v) is 3.16. The lowest BCUT2D eigenvalue weighted by Gasteiger charge is -2.10. The van der Waals surface area contributed by atoms with Crippen LogP contribution >= 0.6 is 11.6 Å². The highest BCUT2D eigenvalue weighted by Gasteiger charge is 2.17. The van der Waals surface area contributed by atoms with Crippen LogP contribution in [0.2, 0.25) is 5.02 Å². The molecule has 0 saturated heterocycles. The van der Waals surface area contributed by atoms with Gasteiger partial charge < -0.3 is 4.74 Å². The summed E-state index contributed by atoms with van der Waals surface area (Å²) in [5, 5.41) is 7.43. The molecule has 0 aliphatic carbocycles. The van der Waals surface area contributed by atoms with Crippen molar-refractivity contribution in [1.29, 1.82) is 0 Å². The molecule has 2 aromatic carbocycles. The summed E-state index contributed by atoms with van der Waals surface area (Å²) < 4.78 is 6.78. The van der Waals surface area contributed by atoms with E-state index in [-0.39, 0.29) is 5.97 Å². The van der Waals surface area contributed by atoms with Gasteiger partial charge in [0.15, 0.2) is 0 Å². The highest BCUT2D eigenvalue weighted by Crippen LogP contribution is 2.28. The number of rotatable bonds is 7. The molecule has 0 bridgehead atoms. The van der Waals surface area contributed by atoms with Gasteiger partial charge in [0.05, 0.1) is 12.0 Å². The number of halogens is 1. The van der Waals surface area contributed by atoms with E-state index in [2.05, 4.69) is 0 Å². The Kier molecular flexibility index (Phi) is 6.24. The van der Waals surface area contributed by atoms with E-state index in [0.29, 0.717) is 30.4 Å². The SMILES string of the molecule is CCOC(=O)CCCC[n+]1nc(-c2ccc(Cl)cc2)c2ccccc2c1N. The van der Waals surface area contributed by atoms with Gasteiger partial charge >= 0.3 is 11.8 Å². The molecule has 0 fully saturated rings. The molecule has 1 aromatic heterocycles. The molecule has 0 saturated carbocycles. The summed E-state index contributed by atoms with van der Waals surface area (Å²) in [6, 6.07) is 15.6. The van der Waals surface area contributed by atoms with Gasteiger partial charge in [0, 0.05) is 22.4 Å². The second-order valence-corrected chi connectivity index (χ2v) is 6.71. The first-order valence-corrected chi connectivity index (χ1v) is 9.48. The van der Waals surface area contributed by atoms with Crippen LogP contribution in [0.5, 0.6) is 0 Å². The lowest BCUT2D eigenvalue weighted by molar-refractivity contribution is -0.738. The number of anilines is 1. The van der Waals surface area contributed by atoms with E-state index in [1.807, 2.05) is 60.1 Å². The highest BCUT2D eigenvalue weighted by atomic mass is 35.5. The van der Waals surface area contributed by atoms with Crippen molar-refractivity contribution in [3.05, 3.63) is 53.6 Å². The van der Waals surface area contributed by atoms with Crippen LogP contribution < -0.4 is 10.4 Å². The van der Waals surface area contributed by atoms with Crippen molar-refractivity contribution in [3.8, 4) is 11.3 Å². The number of nitrogens with zero attached hydrogens (tertiary/aromatic N) is 2. The zero-order valence-corrected chi connectivity index (χ0v) is 16.1. The molecular formula is C21H23ClN3O2+. The number of nitrogens with two attached hydrogens (primary N) is 1. The molecule has 140 valence electrons. The van der Waals surface area contributed by atoms with Crippen LogP contribution in [0, 0.1) is 0 Å². The van der Waals surface area contributed by atoms with Gasteiger partial charge in [0.1, 0.15) is 12.2 Å². The smallest absolute Gasteiger partial charge is 0.305 e. The maximum atomic E-state index is 11.5. The standard InChI is InChI=1S/C21H22ClN3O2/c1-2-27-19(26)9-5-6-14-25-21(23)18-8-4-3-7-17(18)20(24-25)15-10-12-16(22)13-11-15/h3-4,7-8,10-13,23H,2,5-6,9,14H2,1H3/p+1. The van der Waals surface area contributed by atoms with Crippen LogP contribution in [0.1, 0.15) is 26.2 Å². The molecule has 2 N–H and O–H groups in total. The molecule has 27 heavy (non-hydrogen) atoms. The molecule has 3 rings (SSSR count). The van der Waals surface area contributed by atoms with Crippen LogP contribution in [-0.2, 0) is 16.1 Å². The van der Waals surface area contributed by atoms with Crippen LogP contribution in [0.25, 0.3) is 22.0 Å². The summed E-state index contributed by atoms with van der Waals surface area (Å²) in [4.78, 5) is 11.5. The van der Waals surface area contributed by atoms with Gasteiger partial charge in [0.2, 0.25) is 0 Å². The first-order valence-electron chi connectivity index (χ1n) is 9.10. The van der Waals surface area contributed by atoms with Crippen molar-refractivity contribution in [1.82, 2.24) is 5.10 Å². The van der Waals surface area contributed by atoms with E-state index in [4.69, 9.17) is 27.2 Å². The Morgan fingerprint density at radius 1 is 1.11 bits per heavy atom. The van der Waals surface area contributed by atoms with Crippen LogP contribution in [0.3, 0.4) is 0 Å². The number of ether oxygens (including phenoxy) is 1. The lowest BCUT2D eigenvalue weighted by Crippen LogP contribution is -2.41. The molecular weight excluding hydrogens is 362 g/mol. The summed E-state index contributed by atoms with van der Waals surface area (Å²) in [5.74, 6) is 0.461. The number of unbranched alkanes of at least 4 members (excludes halogenated alkanes) is 1. The van der Waals surface area contributed by atoms with Crippen molar-refractivity contribution < 1.29 is 14.2 Å². The Morgan fingerprint density at radius 3 is 2.52 bits per heavy atom. The van der Waals surface area contributed by atoms with Gasteiger partial charge in [-0.3, -0.25) is 10.5 Å². The maximum Gasteiger partial charge on any atom is 0.305 e. The average molecular weight is 385 g/mol. The van der Waals surface area contributed by atoms with Crippen molar-refractivity contribution >= 4 is 34.2 Å². The second-order valence-electron chi connectivity index (χ2n) is 6.27. The third-order valence-corrected chi connectivity index (χ3v) is 4.63. The predicted molar refractivity (Wildman–Crippen MR) is 107 cm³/mol. The third kappa shape index (κ3) is 4.55. The van der Waals surface area contributed by atoms with E-state index >= 15 is 0 Å². The topological polar surface area (TPSA) is 69.1 Å². The zero-order chi connectivity index (χ0) is 19.2. The number of aromatic nitrogens is 2. The normalized spacial score (nSPS) is 10.9. The molecule has 3 aromatic rings. The molecule has 0 aliphatic heterocycles. The van der Waals surface area contributed by atoms with Crippen molar-refractivity contribution in [3.63, 3.8) is 0 Å².